The molecule has 0 aromatic heterocycles. The summed E-state index contributed by atoms with van der Waals surface area (Å²) in [6.45, 7) is 0.972. The van der Waals surface area contributed by atoms with Gasteiger partial charge in [0.2, 0.25) is 15.9 Å². The second-order valence-electron chi connectivity index (χ2n) is 7.03. The van der Waals surface area contributed by atoms with Crippen molar-refractivity contribution >= 4 is 21.9 Å². The van der Waals surface area contributed by atoms with E-state index in [1.165, 1.54) is 0 Å². The smallest absolute Gasteiger partial charge is 0.306 e. The van der Waals surface area contributed by atoms with E-state index in [4.69, 9.17) is 5.11 Å². The summed E-state index contributed by atoms with van der Waals surface area (Å²) in [5.41, 5.74) is 0.907. The summed E-state index contributed by atoms with van der Waals surface area (Å²) in [5.74, 6) is -1.12. The van der Waals surface area contributed by atoms with Crippen LogP contribution in [0.5, 0.6) is 0 Å². The van der Waals surface area contributed by atoms with E-state index in [9.17, 15) is 18.0 Å². The number of hydrogen-bond donors (Lipinski definition) is 2. The van der Waals surface area contributed by atoms with Gasteiger partial charge < -0.3 is 10.0 Å². The average molecular weight is 380 g/mol. The van der Waals surface area contributed by atoms with E-state index in [1.54, 1.807) is 29.2 Å². The van der Waals surface area contributed by atoms with Gasteiger partial charge in [-0.1, -0.05) is 12.1 Å². The van der Waals surface area contributed by atoms with Crippen LogP contribution in [0.15, 0.2) is 29.2 Å². The van der Waals surface area contributed by atoms with Crippen molar-refractivity contribution in [3.05, 3.63) is 29.8 Å². The van der Waals surface area contributed by atoms with Crippen LogP contribution in [-0.4, -0.2) is 49.4 Å². The average Bonchev–Trinajstić information content (AvgIpc) is 3.43. The monoisotopic (exact) mass is 380 g/mol. The van der Waals surface area contributed by atoms with Gasteiger partial charge in [0.1, 0.15) is 0 Å². The number of nitrogens with zero attached hydrogens (tertiary/aromatic N) is 1. The van der Waals surface area contributed by atoms with Gasteiger partial charge in [-0.25, -0.2) is 13.1 Å². The Morgan fingerprint density at radius 3 is 2.23 bits per heavy atom. The Morgan fingerprint density at radius 1 is 1.08 bits per heavy atom. The van der Waals surface area contributed by atoms with Gasteiger partial charge in [-0.2, -0.15) is 0 Å². The van der Waals surface area contributed by atoms with Gasteiger partial charge >= 0.3 is 5.97 Å². The van der Waals surface area contributed by atoms with Crippen molar-refractivity contribution in [2.75, 3.05) is 13.1 Å². The summed E-state index contributed by atoms with van der Waals surface area (Å²) in [6.07, 6.45) is 3.66. The largest absolute Gasteiger partial charge is 0.481 e. The lowest BCUT2D eigenvalue weighted by molar-refractivity contribution is -0.145. The lowest BCUT2D eigenvalue weighted by atomic mass is 9.96. The van der Waals surface area contributed by atoms with E-state index < -0.39 is 16.0 Å². The molecule has 1 aromatic rings. The maximum absolute atomic E-state index is 12.3. The minimum absolute atomic E-state index is 0.0148. The normalized spacial score (nSPS) is 18.7. The number of carboxylic acids is 1. The number of likely N-dealkylation sites (tertiary alicyclic amines) is 1. The van der Waals surface area contributed by atoms with Crippen LogP contribution in [0.3, 0.4) is 0 Å². The number of hydrogen-bond acceptors (Lipinski definition) is 4. The number of carboxylic acid groups (broad SMARTS) is 1. The summed E-state index contributed by atoms with van der Waals surface area (Å²) in [6, 6.07) is 6.70. The molecule has 1 saturated heterocycles. The number of carbonyl (C=O) groups excluding carboxylic acids is 1. The van der Waals surface area contributed by atoms with Crippen molar-refractivity contribution in [3.63, 3.8) is 0 Å². The Morgan fingerprint density at radius 2 is 1.69 bits per heavy atom. The number of carbonyl (C=O) groups is 2. The molecule has 8 heteroatoms. The van der Waals surface area contributed by atoms with Gasteiger partial charge in [-0.3, -0.25) is 9.59 Å². The molecule has 2 fully saturated rings. The second-order valence-corrected chi connectivity index (χ2v) is 8.75. The Balaban J connectivity index is 1.49. The van der Waals surface area contributed by atoms with Gasteiger partial charge in [-0.05, 0) is 49.8 Å². The first kappa shape index (κ1) is 18.8. The van der Waals surface area contributed by atoms with E-state index >= 15 is 0 Å². The number of piperidine rings is 1. The zero-order valence-electron chi connectivity index (χ0n) is 14.6. The lowest BCUT2D eigenvalue weighted by Gasteiger charge is -2.30. The molecule has 0 unspecified atom stereocenters. The predicted octanol–water partition coefficient (Wildman–Crippen LogP) is 1.38. The fraction of sp³-hybridized carbons (Fsp3) is 0.556. The highest BCUT2D eigenvalue weighted by atomic mass is 32.2. The Bertz CT molecular complexity index is 763. The molecule has 1 saturated carbocycles. The minimum atomic E-state index is -3.45. The van der Waals surface area contributed by atoms with E-state index in [2.05, 4.69) is 4.72 Å². The molecule has 2 aliphatic rings. The van der Waals surface area contributed by atoms with E-state index in [-0.39, 0.29) is 22.8 Å². The van der Waals surface area contributed by atoms with Crippen molar-refractivity contribution in [2.45, 2.75) is 49.5 Å². The molecule has 1 aliphatic carbocycles. The highest BCUT2D eigenvalue weighted by Gasteiger charge is 2.28. The maximum atomic E-state index is 12.3. The van der Waals surface area contributed by atoms with Crippen LogP contribution in [0.25, 0.3) is 0 Å². The predicted molar refractivity (Wildman–Crippen MR) is 95.0 cm³/mol. The molecule has 1 aliphatic heterocycles. The first-order chi connectivity index (χ1) is 12.3. The van der Waals surface area contributed by atoms with Crippen molar-refractivity contribution in [3.8, 4) is 0 Å². The van der Waals surface area contributed by atoms with Crippen LogP contribution in [0.4, 0.5) is 0 Å². The molecule has 0 radical (unpaired) electrons. The highest BCUT2D eigenvalue weighted by Crippen LogP contribution is 2.22. The van der Waals surface area contributed by atoms with Crippen LogP contribution in [0.2, 0.25) is 0 Å². The highest BCUT2D eigenvalue weighted by molar-refractivity contribution is 7.89. The third kappa shape index (κ3) is 4.82. The summed E-state index contributed by atoms with van der Waals surface area (Å²) in [7, 11) is -3.45. The zero-order valence-corrected chi connectivity index (χ0v) is 15.4. The summed E-state index contributed by atoms with van der Waals surface area (Å²) in [4.78, 5) is 25.2. The Hall–Kier alpha value is -1.93. The second kappa shape index (κ2) is 7.75. The fourth-order valence-electron chi connectivity index (χ4n) is 3.11. The Labute approximate surface area is 153 Å². The molecule has 0 bridgehead atoms. The summed E-state index contributed by atoms with van der Waals surface area (Å²) >= 11 is 0. The van der Waals surface area contributed by atoms with Crippen molar-refractivity contribution in [2.24, 2.45) is 5.92 Å². The molecule has 142 valence electrons. The number of benzene rings is 1. The molecule has 1 aromatic carbocycles. The van der Waals surface area contributed by atoms with Crippen LogP contribution in [0, 0.1) is 5.92 Å². The van der Waals surface area contributed by atoms with Gasteiger partial charge in [0.05, 0.1) is 10.8 Å². The molecule has 0 spiro atoms. The lowest BCUT2D eigenvalue weighted by Crippen LogP contribution is -2.40. The number of rotatable bonds is 7. The van der Waals surface area contributed by atoms with Crippen LogP contribution >= 0.6 is 0 Å². The molecule has 1 heterocycles. The topological polar surface area (TPSA) is 104 Å². The first-order valence-electron chi connectivity index (χ1n) is 8.97. The van der Waals surface area contributed by atoms with Crippen molar-refractivity contribution in [1.29, 1.82) is 0 Å². The van der Waals surface area contributed by atoms with Crippen molar-refractivity contribution < 1.29 is 23.1 Å². The SMILES string of the molecule is O=C(O)C1CCN(C(=O)CCc2ccc(S(=O)(=O)NC3CC3)cc2)CC1. The van der Waals surface area contributed by atoms with Gasteiger partial charge in [0, 0.05) is 25.6 Å². The maximum Gasteiger partial charge on any atom is 0.306 e. The molecule has 7 nitrogen and oxygen atoms in total. The summed E-state index contributed by atoms with van der Waals surface area (Å²) in [5, 5.41) is 9.00. The molecule has 2 N–H and O–H groups in total. The van der Waals surface area contributed by atoms with Crippen LogP contribution in [-0.2, 0) is 26.0 Å². The fourth-order valence-corrected chi connectivity index (χ4v) is 4.41. The zero-order chi connectivity index (χ0) is 18.7. The first-order valence-corrected chi connectivity index (χ1v) is 10.5. The van der Waals surface area contributed by atoms with Gasteiger partial charge in [0.25, 0.3) is 0 Å². The standard InChI is InChI=1S/C18H24N2O5S/c21-17(20-11-9-14(10-12-20)18(22)23)8-3-13-1-6-16(7-2-13)26(24,25)19-15-4-5-15/h1-2,6-7,14-15,19H,3-5,8-12H2,(H,22,23). The quantitative estimate of drug-likeness (QED) is 0.744. The third-order valence-corrected chi connectivity index (χ3v) is 6.49. The third-order valence-electron chi connectivity index (χ3n) is 4.96. The molecule has 3 rings (SSSR count). The van der Waals surface area contributed by atoms with E-state index in [0.29, 0.717) is 38.8 Å². The van der Waals surface area contributed by atoms with E-state index in [0.717, 1.165) is 18.4 Å². The van der Waals surface area contributed by atoms with E-state index in [1.807, 2.05) is 0 Å². The molecular weight excluding hydrogens is 356 g/mol. The van der Waals surface area contributed by atoms with Gasteiger partial charge in [0.15, 0.2) is 0 Å². The number of nitrogens with one attached hydrogen (secondary N) is 1. The number of aryl methyl sites for hydroxylation is 1. The number of sulfonamides is 1. The van der Waals surface area contributed by atoms with Crippen LogP contribution < -0.4 is 4.72 Å². The van der Waals surface area contributed by atoms with Crippen molar-refractivity contribution in [1.82, 2.24) is 9.62 Å². The molecular formula is C18H24N2O5S. The number of amides is 1. The Kier molecular flexibility index (Phi) is 5.62. The molecule has 1 amide bonds. The molecule has 0 atom stereocenters. The van der Waals surface area contributed by atoms with Crippen LogP contribution in [0.1, 0.15) is 37.7 Å². The van der Waals surface area contributed by atoms with Gasteiger partial charge in [-0.15, -0.1) is 0 Å². The minimum Gasteiger partial charge on any atom is -0.481 e. The number of aliphatic carboxylic acids is 1. The summed E-state index contributed by atoms with van der Waals surface area (Å²) < 4.78 is 26.9. The molecule has 26 heavy (non-hydrogen) atoms.